The number of benzene rings is 1. The van der Waals surface area contributed by atoms with Crippen molar-refractivity contribution in [2.75, 3.05) is 6.61 Å². The second kappa shape index (κ2) is 10.2. The molecule has 2 amide bonds. The number of rotatable bonds is 8. The highest BCUT2D eigenvalue weighted by atomic mass is 16.5. The molecule has 0 saturated heterocycles. The molecule has 1 aromatic carbocycles. The maximum atomic E-state index is 12.7. The van der Waals surface area contributed by atoms with Gasteiger partial charge in [-0.1, -0.05) is 37.3 Å². The molecular formula is C22H30N4O3. The third-order valence-corrected chi connectivity index (χ3v) is 5.39. The monoisotopic (exact) mass is 398 g/mol. The Bertz CT molecular complexity index is 805. The van der Waals surface area contributed by atoms with Gasteiger partial charge in [0.25, 0.3) is 5.91 Å². The van der Waals surface area contributed by atoms with Crippen LogP contribution in [0.3, 0.4) is 0 Å². The van der Waals surface area contributed by atoms with Crippen molar-refractivity contribution >= 4 is 11.8 Å². The summed E-state index contributed by atoms with van der Waals surface area (Å²) in [6, 6.07) is 9.66. The Balaban J connectivity index is 1.61. The molecule has 0 bridgehead atoms. The van der Waals surface area contributed by atoms with Gasteiger partial charge < -0.3 is 15.4 Å². The van der Waals surface area contributed by atoms with Crippen LogP contribution in [0.15, 0.2) is 36.5 Å². The molecule has 0 radical (unpaired) electrons. The third-order valence-electron chi connectivity index (χ3n) is 5.39. The molecule has 156 valence electrons. The van der Waals surface area contributed by atoms with Crippen LogP contribution in [-0.4, -0.2) is 40.8 Å². The predicted molar refractivity (Wildman–Crippen MR) is 110 cm³/mol. The summed E-state index contributed by atoms with van der Waals surface area (Å²) in [5.74, 6) is -0.297. The number of aryl methyl sites for hydroxylation is 1. The number of hydrogen-bond acceptors (Lipinski definition) is 4. The van der Waals surface area contributed by atoms with Gasteiger partial charge in [0.05, 0.1) is 23.9 Å². The highest BCUT2D eigenvalue weighted by molar-refractivity contribution is 5.95. The van der Waals surface area contributed by atoms with E-state index >= 15 is 0 Å². The molecule has 1 saturated carbocycles. The van der Waals surface area contributed by atoms with Crippen LogP contribution >= 0.6 is 0 Å². The van der Waals surface area contributed by atoms with E-state index in [1.807, 2.05) is 37.3 Å². The lowest BCUT2D eigenvalue weighted by atomic mass is 9.82. The topological polar surface area (TPSA) is 96.1 Å². The maximum Gasteiger partial charge on any atom is 0.255 e. The fraction of sp³-hybridized carbons (Fsp3) is 0.500. The molecule has 1 aliphatic rings. The third kappa shape index (κ3) is 5.67. The molecule has 2 aromatic rings. The van der Waals surface area contributed by atoms with Gasteiger partial charge >= 0.3 is 0 Å². The number of carbonyl (C=O) groups excluding carboxylic acids is 2. The number of amides is 2. The Kier molecular flexibility index (Phi) is 7.41. The number of carbonyl (C=O) groups is 2. The first-order chi connectivity index (χ1) is 14.1. The van der Waals surface area contributed by atoms with Crippen molar-refractivity contribution in [2.24, 2.45) is 5.92 Å². The molecule has 1 fully saturated rings. The first-order valence-corrected chi connectivity index (χ1v) is 10.3. The van der Waals surface area contributed by atoms with Crippen molar-refractivity contribution in [3.05, 3.63) is 53.3 Å². The maximum absolute atomic E-state index is 12.7. The van der Waals surface area contributed by atoms with Crippen molar-refractivity contribution < 1.29 is 14.3 Å². The van der Waals surface area contributed by atoms with Crippen molar-refractivity contribution in [1.29, 1.82) is 0 Å². The van der Waals surface area contributed by atoms with Crippen LogP contribution in [-0.2, 0) is 16.1 Å². The summed E-state index contributed by atoms with van der Waals surface area (Å²) < 4.78 is 5.98. The fourth-order valence-electron chi connectivity index (χ4n) is 3.76. The summed E-state index contributed by atoms with van der Waals surface area (Å²) in [4.78, 5) is 25.4. The standard InChI is InChI=1S/C22H30N4O3/c1-3-11-29-20-10-9-17(21(27)23-13-16-7-5-4-6-8-16)12-19(20)25-22(28)18-14-24-26-15(18)2/h4-8,14,17,19-20H,3,9-13H2,1-2H3,(H,23,27)(H,24,26)(H,25,28)/t17-,19+,20+/m0/s1. The van der Waals surface area contributed by atoms with Crippen LogP contribution in [0.25, 0.3) is 0 Å². The molecule has 0 spiro atoms. The van der Waals surface area contributed by atoms with Gasteiger partial charge in [0.15, 0.2) is 0 Å². The molecular weight excluding hydrogens is 368 g/mol. The quantitative estimate of drug-likeness (QED) is 0.637. The summed E-state index contributed by atoms with van der Waals surface area (Å²) >= 11 is 0. The van der Waals surface area contributed by atoms with Crippen molar-refractivity contribution in [3.63, 3.8) is 0 Å². The number of nitrogens with one attached hydrogen (secondary N) is 3. The smallest absolute Gasteiger partial charge is 0.255 e. The molecule has 3 atom stereocenters. The van der Waals surface area contributed by atoms with Crippen LogP contribution in [0.2, 0.25) is 0 Å². The minimum Gasteiger partial charge on any atom is -0.376 e. The molecule has 1 heterocycles. The summed E-state index contributed by atoms with van der Waals surface area (Å²) in [5, 5.41) is 12.8. The summed E-state index contributed by atoms with van der Waals surface area (Å²) in [6.07, 6.45) is 4.44. The largest absolute Gasteiger partial charge is 0.376 e. The molecule has 3 N–H and O–H groups in total. The van der Waals surface area contributed by atoms with Gasteiger partial charge in [-0.05, 0) is 38.2 Å². The Labute approximate surface area is 171 Å². The van der Waals surface area contributed by atoms with E-state index in [0.29, 0.717) is 25.1 Å². The zero-order valence-electron chi connectivity index (χ0n) is 17.1. The average molecular weight is 399 g/mol. The van der Waals surface area contributed by atoms with Crippen LogP contribution in [0.1, 0.15) is 54.2 Å². The number of hydrogen-bond donors (Lipinski definition) is 3. The van der Waals surface area contributed by atoms with Crippen molar-refractivity contribution in [3.8, 4) is 0 Å². The second-order valence-electron chi connectivity index (χ2n) is 7.61. The van der Waals surface area contributed by atoms with E-state index in [-0.39, 0.29) is 29.9 Å². The van der Waals surface area contributed by atoms with E-state index in [9.17, 15) is 9.59 Å². The highest BCUT2D eigenvalue weighted by Crippen LogP contribution is 2.28. The SMILES string of the molecule is CCCO[C@@H]1CC[C@H](C(=O)NCc2ccccc2)C[C@H]1NC(=O)c1cn[nH]c1C. The molecule has 0 aliphatic heterocycles. The van der Waals surface area contributed by atoms with Gasteiger partial charge in [-0.15, -0.1) is 0 Å². The number of aromatic amines is 1. The summed E-state index contributed by atoms with van der Waals surface area (Å²) in [6.45, 7) is 5.03. The van der Waals surface area contributed by atoms with E-state index in [4.69, 9.17) is 4.74 Å². The van der Waals surface area contributed by atoms with Gasteiger partial charge in [-0.3, -0.25) is 14.7 Å². The average Bonchev–Trinajstić information content (AvgIpc) is 3.17. The summed E-state index contributed by atoms with van der Waals surface area (Å²) in [7, 11) is 0. The molecule has 1 aliphatic carbocycles. The van der Waals surface area contributed by atoms with Crippen molar-refractivity contribution in [1.82, 2.24) is 20.8 Å². The molecule has 0 unspecified atom stereocenters. The fourth-order valence-corrected chi connectivity index (χ4v) is 3.76. The van der Waals surface area contributed by atoms with Gasteiger partial charge in [-0.2, -0.15) is 5.10 Å². The van der Waals surface area contributed by atoms with Gasteiger partial charge in [0, 0.05) is 24.8 Å². The van der Waals surface area contributed by atoms with Gasteiger partial charge in [0.2, 0.25) is 5.91 Å². The number of aromatic nitrogens is 2. The van der Waals surface area contributed by atoms with Crippen LogP contribution in [0, 0.1) is 12.8 Å². The Hall–Kier alpha value is -2.67. The number of H-pyrrole nitrogens is 1. The summed E-state index contributed by atoms with van der Waals surface area (Å²) in [5.41, 5.74) is 2.32. The molecule has 7 heteroatoms. The van der Waals surface area contributed by atoms with Gasteiger partial charge in [0.1, 0.15) is 0 Å². The predicted octanol–water partition coefficient (Wildman–Crippen LogP) is 2.73. The molecule has 3 rings (SSSR count). The molecule has 1 aromatic heterocycles. The zero-order valence-corrected chi connectivity index (χ0v) is 17.1. The van der Waals surface area contributed by atoms with Crippen LogP contribution < -0.4 is 10.6 Å². The Morgan fingerprint density at radius 2 is 2.03 bits per heavy atom. The lowest BCUT2D eigenvalue weighted by Crippen LogP contribution is -2.50. The zero-order chi connectivity index (χ0) is 20.6. The first kappa shape index (κ1) is 21.0. The van der Waals surface area contributed by atoms with Crippen LogP contribution in [0.5, 0.6) is 0 Å². The number of nitrogens with zero attached hydrogens (tertiary/aromatic N) is 1. The number of ether oxygens (including phenoxy) is 1. The molecule has 7 nitrogen and oxygen atoms in total. The van der Waals surface area contributed by atoms with E-state index in [0.717, 1.165) is 30.5 Å². The van der Waals surface area contributed by atoms with Crippen LogP contribution in [0.4, 0.5) is 0 Å². The lowest BCUT2D eigenvalue weighted by molar-refractivity contribution is -0.127. The van der Waals surface area contributed by atoms with E-state index < -0.39 is 0 Å². The Morgan fingerprint density at radius 1 is 1.24 bits per heavy atom. The second-order valence-corrected chi connectivity index (χ2v) is 7.61. The minimum absolute atomic E-state index is 0.0292. The lowest BCUT2D eigenvalue weighted by Gasteiger charge is -2.36. The normalized spacial score (nSPS) is 21.5. The van der Waals surface area contributed by atoms with E-state index in [2.05, 4.69) is 27.8 Å². The van der Waals surface area contributed by atoms with Gasteiger partial charge in [-0.25, -0.2) is 0 Å². The highest BCUT2D eigenvalue weighted by Gasteiger charge is 2.35. The van der Waals surface area contributed by atoms with E-state index in [1.54, 1.807) is 0 Å². The van der Waals surface area contributed by atoms with E-state index in [1.165, 1.54) is 6.20 Å². The Morgan fingerprint density at radius 3 is 2.72 bits per heavy atom. The molecule has 29 heavy (non-hydrogen) atoms. The van der Waals surface area contributed by atoms with Crippen molar-refractivity contribution in [2.45, 2.75) is 58.2 Å². The first-order valence-electron chi connectivity index (χ1n) is 10.3. The minimum atomic E-state index is -0.204.